The van der Waals surface area contributed by atoms with Gasteiger partial charge in [0.25, 0.3) is 5.91 Å². The number of halogens is 3. The van der Waals surface area contributed by atoms with Crippen molar-refractivity contribution in [2.75, 3.05) is 43.1 Å². The second kappa shape index (κ2) is 15.1. The van der Waals surface area contributed by atoms with Crippen molar-refractivity contribution in [3.63, 3.8) is 0 Å². The zero-order valence-electron chi connectivity index (χ0n) is 30.7. The number of amides is 2. The van der Waals surface area contributed by atoms with Crippen molar-refractivity contribution < 1.29 is 46.5 Å². The van der Waals surface area contributed by atoms with E-state index in [4.69, 9.17) is 18.6 Å². The van der Waals surface area contributed by atoms with Crippen LogP contribution in [-0.2, 0) is 15.6 Å². The summed E-state index contributed by atoms with van der Waals surface area (Å²) in [6, 6.07) is 3.34. The maximum atomic E-state index is 15.4. The first-order valence-corrected chi connectivity index (χ1v) is 20.7. The summed E-state index contributed by atoms with van der Waals surface area (Å²) < 4.78 is 69.5. The fourth-order valence-corrected chi connectivity index (χ4v) is 8.23. The molecule has 0 saturated carbocycles. The van der Waals surface area contributed by atoms with E-state index in [-0.39, 0.29) is 47.3 Å². The maximum absolute atomic E-state index is 15.4. The number of anilines is 2. The largest absolute Gasteiger partial charge is 0.488 e. The molecule has 3 aliphatic rings. The minimum absolute atomic E-state index is 0.0696. The van der Waals surface area contributed by atoms with Gasteiger partial charge in [0.15, 0.2) is 8.32 Å². The Morgan fingerprint density at radius 3 is 2.47 bits per heavy atom. The van der Waals surface area contributed by atoms with E-state index >= 15 is 13.2 Å². The van der Waals surface area contributed by atoms with Gasteiger partial charge in [-0.2, -0.15) is 0 Å². The molecule has 286 valence electrons. The van der Waals surface area contributed by atoms with Crippen LogP contribution in [0.25, 0.3) is 11.3 Å². The highest BCUT2D eigenvalue weighted by Gasteiger charge is 2.45. The van der Waals surface area contributed by atoms with Gasteiger partial charge in [-0.25, -0.2) is 27.9 Å². The van der Waals surface area contributed by atoms with Crippen LogP contribution in [0.1, 0.15) is 56.6 Å². The van der Waals surface area contributed by atoms with E-state index in [9.17, 15) is 14.7 Å². The number of carbonyl (C=O) groups excluding carboxylic acids is 1. The number of aromatic nitrogens is 2. The van der Waals surface area contributed by atoms with E-state index in [1.54, 1.807) is 0 Å². The predicted molar refractivity (Wildman–Crippen MR) is 194 cm³/mol. The molecular weight excluding hydrogens is 712 g/mol. The van der Waals surface area contributed by atoms with Gasteiger partial charge in [-0.3, -0.25) is 4.79 Å². The van der Waals surface area contributed by atoms with Gasteiger partial charge in [0, 0.05) is 49.7 Å². The van der Waals surface area contributed by atoms with Crippen molar-refractivity contribution in [3.8, 4) is 22.9 Å². The van der Waals surface area contributed by atoms with Crippen LogP contribution in [0, 0.1) is 23.4 Å². The number of nitrogens with zero attached hydrogens (tertiary/aromatic N) is 3. The summed E-state index contributed by atoms with van der Waals surface area (Å²) in [5.74, 6) is -3.83. The van der Waals surface area contributed by atoms with Crippen LogP contribution < -0.4 is 25.0 Å². The smallest absolute Gasteiger partial charge is 0.405 e. The summed E-state index contributed by atoms with van der Waals surface area (Å²) in [5.41, 5.74) is -0.123. The standard InChI is InChI=1S/C37H46F3N5O7Si/c1-20-17-45(18-29(44-36(47)48)33(20)52-53(5,6)37(2,3)4)32-23-11-13-50-35(23)41-16-28(32)43-34(46)27-10-9-24(38)31(42-27)30-25(39)14-22(15-26(30)40)51-21-8-7-12-49-19-21/h9-10,14-16,20-21,29,33,44H,7-8,11-13,17-19H2,1-6H3,(H,43,46)(H,47,48)/t20-,21?,29+,33-/m0/s1. The summed E-state index contributed by atoms with van der Waals surface area (Å²) in [4.78, 5) is 36.2. The Morgan fingerprint density at radius 1 is 1.08 bits per heavy atom. The molecule has 5 heterocycles. The number of hydrogen-bond acceptors (Lipinski definition) is 9. The number of nitrogens with one attached hydrogen (secondary N) is 2. The molecule has 1 aromatic carbocycles. The lowest BCUT2D eigenvalue weighted by Gasteiger charge is -2.48. The average Bonchev–Trinajstić information content (AvgIpc) is 3.55. The van der Waals surface area contributed by atoms with E-state index in [0.717, 1.165) is 36.2 Å². The Hall–Kier alpha value is -4.41. The zero-order valence-corrected chi connectivity index (χ0v) is 31.7. The SMILES string of the molecule is C[C@H]1CN(c2c(NC(=O)c3ccc(F)c(-c4c(F)cc(OC5CCCOC5)cc4F)n3)cnc3c2CCO3)C[C@@H](NC(=O)O)[C@H]1O[Si](C)(C)C(C)(C)C. The van der Waals surface area contributed by atoms with E-state index < -0.39 is 61.2 Å². The van der Waals surface area contributed by atoms with Gasteiger partial charge in [-0.15, -0.1) is 0 Å². The number of carbonyl (C=O) groups is 2. The first kappa shape index (κ1) is 38.3. The molecule has 6 rings (SSSR count). The predicted octanol–water partition coefficient (Wildman–Crippen LogP) is 6.79. The van der Waals surface area contributed by atoms with Gasteiger partial charge in [0.1, 0.15) is 40.7 Å². The molecule has 0 bridgehead atoms. The van der Waals surface area contributed by atoms with Crippen LogP contribution in [0.4, 0.5) is 29.3 Å². The molecule has 0 spiro atoms. The van der Waals surface area contributed by atoms with Crippen LogP contribution >= 0.6 is 0 Å². The third-order valence-electron chi connectivity index (χ3n) is 10.4. The topological polar surface area (TPSA) is 144 Å². The second-order valence-corrected chi connectivity index (χ2v) is 20.1. The molecule has 4 atom stereocenters. The Bertz CT molecular complexity index is 1850. The average molecular weight is 758 g/mol. The minimum Gasteiger partial charge on any atom is -0.488 e. The molecular formula is C37H46F3N5O7Si. The molecule has 0 aliphatic carbocycles. The van der Waals surface area contributed by atoms with Crippen LogP contribution in [0.3, 0.4) is 0 Å². The van der Waals surface area contributed by atoms with E-state index in [1.807, 2.05) is 11.8 Å². The number of fused-ring (bicyclic) bond motifs is 1. The quantitative estimate of drug-likeness (QED) is 0.200. The van der Waals surface area contributed by atoms with E-state index in [0.29, 0.717) is 44.2 Å². The molecule has 0 radical (unpaired) electrons. The number of piperidine rings is 1. The Kier molecular flexibility index (Phi) is 10.9. The van der Waals surface area contributed by atoms with Crippen molar-refractivity contribution in [1.29, 1.82) is 0 Å². The Balaban J connectivity index is 1.28. The Labute approximate surface area is 307 Å². The lowest BCUT2D eigenvalue weighted by Crippen LogP contribution is -2.62. The highest BCUT2D eigenvalue weighted by Crippen LogP contribution is 2.43. The molecule has 16 heteroatoms. The minimum atomic E-state index is -2.30. The van der Waals surface area contributed by atoms with Crippen molar-refractivity contribution in [1.82, 2.24) is 15.3 Å². The van der Waals surface area contributed by atoms with Gasteiger partial charge >= 0.3 is 6.09 Å². The summed E-state index contributed by atoms with van der Waals surface area (Å²) in [6.45, 7) is 14.5. The van der Waals surface area contributed by atoms with Crippen molar-refractivity contribution in [2.45, 2.75) is 83.3 Å². The number of benzene rings is 1. The zero-order chi connectivity index (χ0) is 38.2. The van der Waals surface area contributed by atoms with E-state index in [2.05, 4.69) is 54.5 Å². The van der Waals surface area contributed by atoms with Gasteiger partial charge in [-0.1, -0.05) is 27.7 Å². The van der Waals surface area contributed by atoms with E-state index in [1.165, 1.54) is 6.20 Å². The monoisotopic (exact) mass is 757 g/mol. The van der Waals surface area contributed by atoms with Gasteiger partial charge < -0.3 is 39.3 Å². The van der Waals surface area contributed by atoms with Crippen LogP contribution in [0.5, 0.6) is 11.6 Å². The highest BCUT2D eigenvalue weighted by atomic mass is 28.4. The summed E-state index contributed by atoms with van der Waals surface area (Å²) in [5, 5.41) is 15.2. The molecule has 2 saturated heterocycles. The number of ether oxygens (including phenoxy) is 3. The number of pyridine rings is 2. The van der Waals surface area contributed by atoms with Crippen molar-refractivity contribution in [3.05, 3.63) is 59.2 Å². The lowest BCUT2D eigenvalue weighted by atomic mass is 9.91. The Morgan fingerprint density at radius 2 is 1.81 bits per heavy atom. The molecule has 2 aromatic heterocycles. The molecule has 2 amide bonds. The van der Waals surface area contributed by atoms with Crippen molar-refractivity contribution in [2.24, 2.45) is 5.92 Å². The molecule has 3 aliphatic heterocycles. The second-order valence-electron chi connectivity index (χ2n) is 15.4. The highest BCUT2D eigenvalue weighted by molar-refractivity contribution is 6.74. The van der Waals surface area contributed by atoms with Crippen LogP contribution in [-0.4, -0.2) is 86.6 Å². The van der Waals surface area contributed by atoms with Gasteiger partial charge in [0.2, 0.25) is 5.88 Å². The van der Waals surface area contributed by atoms with Gasteiger partial charge in [0.05, 0.1) is 48.5 Å². The molecule has 12 nitrogen and oxygen atoms in total. The van der Waals surface area contributed by atoms with Gasteiger partial charge in [-0.05, 0) is 43.1 Å². The fourth-order valence-electron chi connectivity index (χ4n) is 6.80. The lowest BCUT2D eigenvalue weighted by molar-refractivity contribution is 0.00720. The molecule has 2 fully saturated rings. The molecule has 3 aromatic rings. The first-order valence-electron chi connectivity index (χ1n) is 17.8. The number of carboxylic acid groups (broad SMARTS) is 1. The summed E-state index contributed by atoms with van der Waals surface area (Å²) in [7, 11) is -2.30. The summed E-state index contributed by atoms with van der Waals surface area (Å²) in [6.07, 6.45) is 1.37. The van der Waals surface area contributed by atoms with Crippen LogP contribution in [0.15, 0.2) is 30.5 Å². The summed E-state index contributed by atoms with van der Waals surface area (Å²) >= 11 is 0. The molecule has 1 unspecified atom stereocenters. The fraction of sp³-hybridized carbons (Fsp3) is 0.514. The number of hydrogen-bond donors (Lipinski definition) is 3. The molecule has 53 heavy (non-hydrogen) atoms. The normalized spacial score (nSPS) is 21.8. The van der Waals surface area contributed by atoms with Crippen molar-refractivity contribution >= 4 is 31.7 Å². The first-order chi connectivity index (χ1) is 25.0. The third-order valence-corrected chi connectivity index (χ3v) is 14.9. The number of rotatable bonds is 9. The van der Waals surface area contributed by atoms with Crippen LogP contribution in [0.2, 0.25) is 18.1 Å². The maximum Gasteiger partial charge on any atom is 0.405 e. The molecule has 3 N–H and O–H groups in total. The third kappa shape index (κ3) is 8.23.